The van der Waals surface area contributed by atoms with E-state index in [-0.39, 0.29) is 0 Å². The van der Waals surface area contributed by atoms with E-state index in [0.29, 0.717) is 11.5 Å². The van der Waals surface area contributed by atoms with Crippen molar-refractivity contribution in [3.05, 3.63) is 0 Å². The first-order valence-electron chi connectivity index (χ1n) is 5.96. The third-order valence-electron chi connectivity index (χ3n) is 3.69. The van der Waals surface area contributed by atoms with Crippen LogP contribution in [0.25, 0.3) is 0 Å². The van der Waals surface area contributed by atoms with Crippen LogP contribution in [0.4, 0.5) is 0 Å². The maximum absolute atomic E-state index is 3.37. The molecule has 1 saturated heterocycles. The summed E-state index contributed by atoms with van der Waals surface area (Å²) >= 11 is 0. The van der Waals surface area contributed by atoms with E-state index < -0.39 is 0 Å². The summed E-state index contributed by atoms with van der Waals surface area (Å²) in [6, 6.07) is 0.587. The molecule has 2 nitrogen and oxygen atoms in total. The van der Waals surface area contributed by atoms with Crippen LogP contribution in [0.2, 0.25) is 0 Å². The molecule has 1 rings (SSSR count). The van der Waals surface area contributed by atoms with Crippen LogP contribution >= 0.6 is 0 Å². The second-order valence-corrected chi connectivity index (χ2v) is 5.34. The van der Waals surface area contributed by atoms with Gasteiger partial charge in [-0.2, -0.15) is 0 Å². The maximum Gasteiger partial charge on any atom is 0.00991 e. The summed E-state index contributed by atoms with van der Waals surface area (Å²) < 4.78 is 0. The zero-order valence-electron chi connectivity index (χ0n) is 10.3. The Kier molecular flexibility index (Phi) is 4.39. The highest BCUT2D eigenvalue weighted by Crippen LogP contribution is 2.23. The van der Waals surface area contributed by atoms with Gasteiger partial charge in [-0.1, -0.05) is 20.3 Å². The van der Waals surface area contributed by atoms with Gasteiger partial charge >= 0.3 is 0 Å². The highest BCUT2D eigenvalue weighted by molar-refractivity contribution is 4.83. The molecule has 0 aliphatic carbocycles. The van der Waals surface area contributed by atoms with E-state index >= 15 is 0 Å². The summed E-state index contributed by atoms with van der Waals surface area (Å²) in [5.74, 6) is 0. The summed E-state index contributed by atoms with van der Waals surface area (Å²) in [4.78, 5) is 2.62. The van der Waals surface area contributed by atoms with Crippen LogP contribution in [-0.4, -0.2) is 37.6 Å². The van der Waals surface area contributed by atoms with Crippen molar-refractivity contribution in [2.75, 3.05) is 26.7 Å². The average molecular weight is 198 g/mol. The highest BCUT2D eigenvalue weighted by atomic mass is 15.1. The van der Waals surface area contributed by atoms with Crippen LogP contribution in [0.1, 0.15) is 40.0 Å². The van der Waals surface area contributed by atoms with Crippen LogP contribution in [0.5, 0.6) is 0 Å². The van der Waals surface area contributed by atoms with Gasteiger partial charge in [-0.05, 0) is 45.3 Å². The number of likely N-dealkylation sites (tertiary alicyclic amines) is 1. The summed E-state index contributed by atoms with van der Waals surface area (Å²) in [6.45, 7) is 10.9. The normalized spacial score (nSPS) is 22.3. The molecule has 0 spiro atoms. The van der Waals surface area contributed by atoms with Crippen LogP contribution in [-0.2, 0) is 0 Å². The van der Waals surface area contributed by atoms with Gasteiger partial charge in [0.05, 0.1) is 0 Å². The molecule has 2 heteroatoms. The Bertz CT molecular complexity index is 160. The lowest BCUT2D eigenvalue weighted by Crippen LogP contribution is -2.46. The quantitative estimate of drug-likeness (QED) is 0.744. The number of hydrogen-bond acceptors (Lipinski definition) is 2. The van der Waals surface area contributed by atoms with Crippen LogP contribution in [0, 0.1) is 5.41 Å². The Morgan fingerprint density at radius 2 is 1.79 bits per heavy atom. The van der Waals surface area contributed by atoms with Crippen molar-refractivity contribution in [3.8, 4) is 0 Å². The Hall–Kier alpha value is -0.0800. The van der Waals surface area contributed by atoms with Crippen LogP contribution < -0.4 is 5.32 Å². The molecule has 1 unspecified atom stereocenters. The summed E-state index contributed by atoms with van der Waals surface area (Å²) in [5, 5.41) is 3.37. The number of nitrogens with one attached hydrogen (secondary N) is 1. The monoisotopic (exact) mass is 198 g/mol. The van der Waals surface area contributed by atoms with Crippen molar-refractivity contribution in [2.45, 2.75) is 46.1 Å². The Morgan fingerprint density at radius 3 is 2.29 bits per heavy atom. The lowest BCUT2D eigenvalue weighted by molar-refractivity contribution is 0.127. The number of piperidine rings is 1. The zero-order chi connectivity index (χ0) is 10.6. The van der Waals surface area contributed by atoms with E-state index in [0.717, 1.165) is 0 Å². The first kappa shape index (κ1) is 12.0. The molecule has 1 N–H and O–H groups in total. The molecule has 1 atom stereocenters. The fraction of sp³-hybridized carbons (Fsp3) is 1.00. The smallest absolute Gasteiger partial charge is 0.00991 e. The van der Waals surface area contributed by atoms with E-state index in [2.05, 4.69) is 38.0 Å². The van der Waals surface area contributed by atoms with Gasteiger partial charge in [-0.15, -0.1) is 0 Å². The van der Waals surface area contributed by atoms with Crippen LogP contribution in [0.15, 0.2) is 0 Å². The van der Waals surface area contributed by atoms with E-state index in [1.807, 2.05) is 0 Å². The molecule has 0 aromatic heterocycles. The molecule has 1 aliphatic heterocycles. The molecule has 1 fully saturated rings. The molecular weight excluding hydrogens is 172 g/mol. The van der Waals surface area contributed by atoms with Gasteiger partial charge in [-0.25, -0.2) is 0 Å². The van der Waals surface area contributed by atoms with Gasteiger partial charge in [0, 0.05) is 12.6 Å². The second kappa shape index (κ2) is 5.13. The fourth-order valence-electron chi connectivity index (χ4n) is 2.22. The number of rotatable bonds is 4. The van der Waals surface area contributed by atoms with E-state index in [1.54, 1.807) is 0 Å². The third-order valence-corrected chi connectivity index (χ3v) is 3.69. The summed E-state index contributed by atoms with van der Waals surface area (Å²) in [7, 11) is 2.06. The minimum Gasteiger partial charge on any atom is -0.317 e. The molecule has 1 aliphatic rings. The molecule has 0 saturated carbocycles. The van der Waals surface area contributed by atoms with Crippen molar-refractivity contribution in [2.24, 2.45) is 5.41 Å². The van der Waals surface area contributed by atoms with Gasteiger partial charge in [-0.3, -0.25) is 0 Å². The van der Waals surface area contributed by atoms with Gasteiger partial charge in [0.2, 0.25) is 0 Å². The SMILES string of the molecule is CNC(C)C(C)(C)CN1CCCCC1. The third kappa shape index (κ3) is 3.25. The number of hydrogen-bond donors (Lipinski definition) is 1. The topological polar surface area (TPSA) is 15.3 Å². The van der Waals surface area contributed by atoms with Crippen molar-refractivity contribution < 1.29 is 0 Å². The lowest BCUT2D eigenvalue weighted by Gasteiger charge is -2.38. The number of nitrogens with zero attached hydrogens (tertiary/aromatic N) is 1. The van der Waals surface area contributed by atoms with Gasteiger partial charge < -0.3 is 10.2 Å². The molecule has 84 valence electrons. The van der Waals surface area contributed by atoms with Crippen LogP contribution in [0.3, 0.4) is 0 Å². The minimum absolute atomic E-state index is 0.381. The molecule has 0 aromatic rings. The molecule has 14 heavy (non-hydrogen) atoms. The molecule has 0 aromatic carbocycles. The standard InChI is InChI=1S/C12H26N2/c1-11(13-4)12(2,3)10-14-8-6-5-7-9-14/h11,13H,5-10H2,1-4H3. The van der Waals surface area contributed by atoms with Crippen molar-refractivity contribution in [1.29, 1.82) is 0 Å². The lowest BCUT2D eigenvalue weighted by atomic mass is 9.84. The predicted molar refractivity (Wildman–Crippen MR) is 62.6 cm³/mol. The van der Waals surface area contributed by atoms with E-state index in [4.69, 9.17) is 0 Å². The molecule has 1 heterocycles. The van der Waals surface area contributed by atoms with Gasteiger partial charge in [0.15, 0.2) is 0 Å². The summed E-state index contributed by atoms with van der Waals surface area (Å²) in [6.07, 6.45) is 4.21. The first-order valence-corrected chi connectivity index (χ1v) is 5.96. The maximum atomic E-state index is 3.37. The van der Waals surface area contributed by atoms with Crippen molar-refractivity contribution in [3.63, 3.8) is 0 Å². The molecule has 0 radical (unpaired) electrons. The Morgan fingerprint density at radius 1 is 1.21 bits per heavy atom. The summed E-state index contributed by atoms with van der Waals surface area (Å²) in [5.41, 5.74) is 0.381. The van der Waals surface area contributed by atoms with Gasteiger partial charge in [0.25, 0.3) is 0 Å². The highest BCUT2D eigenvalue weighted by Gasteiger charge is 2.27. The van der Waals surface area contributed by atoms with Crippen molar-refractivity contribution >= 4 is 0 Å². The fourth-order valence-corrected chi connectivity index (χ4v) is 2.22. The Balaban J connectivity index is 2.40. The molecular formula is C12H26N2. The zero-order valence-corrected chi connectivity index (χ0v) is 10.3. The molecule has 0 bridgehead atoms. The second-order valence-electron chi connectivity index (χ2n) is 5.34. The minimum atomic E-state index is 0.381. The van der Waals surface area contributed by atoms with E-state index in [9.17, 15) is 0 Å². The predicted octanol–water partition coefficient (Wildman–Crippen LogP) is 2.11. The first-order chi connectivity index (χ1) is 6.56. The Labute approximate surface area is 89.1 Å². The largest absolute Gasteiger partial charge is 0.317 e. The van der Waals surface area contributed by atoms with Crippen molar-refractivity contribution in [1.82, 2.24) is 10.2 Å². The van der Waals surface area contributed by atoms with Gasteiger partial charge in [0.1, 0.15) is 0 Å². The average Bonchev–Trinajstić information content (AvgIpc) is 2.17. The van der Waals surface area contributed by atoms with E-state index in [1.165, 1.54) is 38.9 Å². The molecule has 0 amide bonds.